The first-order valence-electron chi connectivity index (χ1n) is 6.47. The fourth-order valence-corrected chi connectivity index (χ4v) is 3.81. The Kier molecular flexibility index (Phi) is 3.69. The van der Waals surface area contributed by atoms with E-state index in [4.69, 9.17) is 4.74 Å². The normalized spacial score (nSPS) is 24.8. The largest absolute Gasteiger partial charge is 0.377 e. The third kappa shape index (κ3) is 2.67. The van der Waals surface area contributed by atoms with Crippen LogP contribution in [0.3, 0.4) is 0 Å². The Morgan fingerprint density at radius 2 is 2.06 bits per heavy atom. The number of piperidine rings is 1. The average Bonchev–Trinajstić information content (AvgIpc) is 2.81. The van der Waals surface area contributed by atoms with Gasteiger partial charge in [-0.2, -0.15) is 0 Å². The lowest BCUT2D eigenvalue weighted by Crippen LogP contribution is -2.33. The maximum atomic E-state index is 6.07. The third-order valence-electron chi connectivity index (χ3n) is 3.62. The monoisotopic (exact) mass is 249 g/mol. The lowest BCUT2D eigenvalue weighted by molar-refractivity contribution is 0.0270. The molecule has 0 aromatic heterocycles. The fourth-order valence-electron chi connectivity index (χ4n) is 2.58. The van der Waals surface area contributed by atoms with Gasteiger partial charge in [-0.1, -0.05) is 18.2 Å². The molecule has 2 aliphatic heterocycles. The van der Waals surface area contributed by atoms with E-state index in [1.807, 2.05) is 11.8 Å². The number of rotatable bonds is 3. The molecule has 2 nitrogen and oxygen atoms in total. The summed E-state index contributed by atoms with van der Waals surface area (Å²) in [5.41, 5.74) is 1.49. The zero-order chi connectivity index (χ0) is 11.5. The Hall–Kier alpha value is -0.510. The summed E-state index contributed by atoms with van der Waals surface area (Å²) in [4.78, 5) is 1.45. The molecule has 92 valence electrons. The van der Waals surface area contributed by atoms with E-state index in [0.29, 0.717) is 12.0 Å². The SMILES string of the molecule is c1ccc2c(c1)SCC2COC1CCNCC1. The van der Waals surface area contributed by atoms with Crippen molar-refractivity contribution in [3.63, 3.8) is 0 Å². The van der Waals surface area contributed by atoms with Crippen LogP contribution in [0.5, 0.6) is 0 Å². The van der Waals surface area contributed by atoms with Crippen LogP contribution in [0.15, 0.2) is 29.2 Å². The molecule has 2 heterocycles. The fraction of sp³-hybridized carbons (Fsp3) is 0.571. The van der Waals surface area contributed by atoms with Crippen molar-refractivity contribution in [1.82, 2.24) is 5.32 Å². The van der Waals surface area contributed by atoms with Crippen LogP contribution in [0.4, 0.5) is 0 Å². The molecule has 0 amide bonds. The summed E-state index contributed by atoms with van der Waals surface area (Å²) in [6.45, 7) is 3.12. The van der Waals surface area contributed by atoms with Crippen LogP contribution in [0.25, 0.3) is 0 Å². The molecule has 3 rings (SSSR count). The molecule has 1 fully saturated rings. The van der Waals surface area contributed by atoms with E-state index in [1.165, 1.54) is 29.1 Å². The van der Waals surface area contributed by atoms with Crippen LogP contribution in [0.2, 0.25) is 0 Å². The Morgan fingerprint density at radius 3 is 2.94 bits per heavy atom. The predicted octanol–water partition coefficient (Wildman–Crippen LogP) is 2.64. The van der Waals surface area contributed by atoms with Gasteiger partial charge in [0.15, 0.2) is 0 Å². The van der Waals surface area contributed by atoms with E-state index in [-0.39, 0.29) is 0 Å². The van der Waals surface area contributed by atoms with Gasteiger partial charge in [0.05, 0.1) is 12.7 Å². The summed E-state index contributed by atoms with van der Waals surface area (Å²) in [5, 5.41) is 3.37. The summed E-state index contributed by atoms with van der Waals surface area (Å²) < 4.78 is 6.07. The molecule has 0 radical (unpaired) electrons. The topological polar surface area (TPSA) is 21.3 Å². The van der Waals surface area contributed by atoms with E-state index >= 15 is 0 Å². The Labute approximate surface area is 107 Å². The number of hydrogen-bond acceptors (Lipinski definition) is 3. The number of fused-ring (bicyclic) bond motifs is 1. The van der Waals surface area contributed by atoms with Crippen molar-refractivity contribution >= 4 is 11.8 Å². The molecule has 3 heteroatoms. The quantitative estimate of drug-likeness (QED) is 0.890. The molecule has 1 aromatic rings. The number of hydrogen-bond donors (Lipinski definition) is 1. The van der Waals surface area contributed by atoms with Crippen LogP contribution in [0.1, 0.15) is 24.3 Å². The van der Waals surface area contributed by atoms with Gasteiger partial charge in [-0.3, -0.25) is 0 Å². The second-order valence-corrected chi connectivity index (χ2v) is 5.89. The van der Waals surface area contributed by atoms with Crippen molar-refractivity contribution in [3.05, 3.63) is 29.8 Å². The van der Waals surface area contributed by atoms with Gasteiger partial charge in [-0.15, -0.1) is 11.8 Å². The lowest BCUT2D eigenvalue weighted by Gasteiger charge is -2.24. The Morgan fingerprint density at radius 1 is 1.24 bits per heavy atom. The minimum absolute atomic E-state index is 0.481. The molecule has 0 saturated carbocycles. The minimum atomic E-state index is 0.481. The molecule has 1 N–H and O–H groups in total. The third-order valence-corrected chi connectivity index (χ3v) is 4.87. The Balaban J connectivity index is 1.56. The summed E-state index contributed by atoms with van der Waals surface area (Å²) in [6, 6.07) is 8.75. The molecule has 0 bridgehead atoms. The van der Waals surface area contributed by atoms with E-state index in [9.17, 15) is 0 Å². The molecular weight excluding hydrogens is 230 g/mol. The second kappa shape index (κ2) is 5.42. The van der Waals surface area contributed by atoms with Gasteiger partial charge in [-0.25, -0.2) is 0 Å². The molecule has 0 aliphatic carbocycles. The molecule has 0 spiro atoms. The zero-order valence-electron chi connectivity index (χ0n) is 10.0. The lowest BCUT2D eigenvalue weighted by atomic mass is 10.0. The van der Waals surface area contributed by atoms with Gasteiger partial charge in [-0.05, 0) is 37.6 Å². The van der Waals surface area contributed by atoms with Gasteiger partial charge < -0.3 is 10.1 Å². The van der Waals surface area contributed by atoms with Crippen LogP contribution >= 0.6 is 11.8 Å². The first-order valence-corrected chi connectivity index (χ1v) is 7.46. The van der Waals surface area contributed by atoms with Gasteiger partial charge in [0.2, 0.25) is 0 Å². The molecule has 1 saturated heterocycles. The van der Waals surface area contributed by atoms with Gasteiger partial charge in [0, 0.05) is 16.6 Å². The van der Waals surface area contributed by atoms with Crippen molar-refractivity contribution in [3.8, 4) is 0 Å². The summed E-state index contributed by atoms with van der Waals surface area (Å²) >= 11 is 1.97. The van der Waals surface area contributed by atoms with Crippen LogP contribution in [-0.4, -0.2) is 31.6 Å². The van der Waals surface area contributed by atoms with Crippen molar-refractivity contribution in [1.29, 1.82) is 0 Å². The number of benzene rings is 1. The van der Waals surface area contributed by atoms with E-state index in [1.54, 1.807) is 0 Å². The van der Waals surface area contributed by atoms with Crippen molar-refractivity contribution in [2.24, 2.45) is 0 Å². The van der Waals surface area contributed by atoms with Gasteiger partial charge in [0.1, 0.15) is 0 Å². The standard InChI is InChI=1S/C14H19NOS/c1-2-4-14-13(3-1)11(10-17-14)9-16-12-5-7-15-8-6-12/h1-4,11-12,15H,5-10H2. The summed E-state index contributed by atoms with van der Waals surface area (Å²) in [6.07, 6.45) is 2.82. The maximum absolute atomic E-state index is 6.07. The van der Waals surface area contributed by atoms with Gasteiger partial charge in [0.25, 0.3) is 0 Å². The van der Waals surface area contributed by atoms with Gasteiger partial charge >= 0.3 is 0 Å². The van der Waals surface area contributed by atoms with Crippen molar-refractivity contribution in [2.75, 3.05) is 25.4 Å². The average molecular weight is 249 g/mol. The summed E-state index contributed by atoms with van der Waals surface area (Å²) in [5.74, 6) is 1.79. The smallest absolute Gasteiger partial charge is 0.0599 e. The van der Waals surface area contributed by atoms with E-state index in [2.05, 4.69) is 29.6 Å². The molecular formula is C14H19NOS. The highest BCUT2D eigenvalue weighted by atomic mass is 32.2. The number of ether oxygens (including phenoxy) is 1. The van der Waals surface area contributed by atoms with Crippen molar-refractivity contribution < 1.29 is 4.74 Å². The highest BCUT2D eigenvalue weighted by molar-refractivity contribution is 7.99. The van der Waals surface area contributed by atoms with E-state index < -0.39 is 0 Å². The predicted molar refractivity (Wildman–Crippen MR) is 71.8 cm³/mol. The first kappa shape index (κ1) is 11.6. The zero-order valence-corrected chi connectivity index (χ0v) is 10.8. The number of nitrogens with one attached hydrogen (secondary N) is 1. The minimum Gasteiger partial charge on any atom is -0.377 e. The molecule has 1 unspecified atom stereocenters. The molecule has 1 aromatic carbocycles. The molecule has 2 aliphatic rings. The van der Waals surface area contributed by atoms with Crippen LogP contribution in [0, 0.1) is 0 Å². The Bertz CT molecular complexity index is 376. The van der Waals surface area contributed by atoms with Crippen molar-refractivity contribution in [2.45, 2.75) is 29.8 Å². The highest BCUT2D eigenvalue weighted by Crippen LogP contribution is 2.39. The second-order valence-electron chi connectivity index (χ2n) is 4.83. The van der Waals surface area contributed by atoms with Crippen LogP contribution < -0.4 is 5.32 Å². The highest BCUT2D eigenvalue weighted by Gasteiger charge is 2.24. The first-order chi connectivity index (χ1) is 8.43. The maximum Gasteiger partial charge on any atom is 0.0599 e. The molecule has 17 heavy (non-hydrogen) atoms. The van der Waals surface area contributed by atoms with Crippen LogP contribution in [-0.2, 0) is 4.74 Å². The van der Waals surface area contributed by atoms with E-state index in [0.717, 1.165) is 19.7 Å². The summed E-state index contributed by atoms with van der Waals surface area (Å²) in [7, 11) is 0. The number of thioether (sulfide) groups is 1. The molecule has 1 atom stereocenters.